The van der Waals surface area contributed by atoms with E-state index in [-0.39, 0.29) is 5.91 Å². The largest absolute Gasteiger partial charge is 0.321 e. The highest BCUT2D eigenvalue weighted by molar-refractivity contribution is 14.1. The second-order valence-electron chi connectivity index (χ2n) is 3.95. The number of benzene rings is 1. The minimum atomic E-state index is -0.126. The number of nitrogens with one attached hydrogen (secondary N) is 1. The maximum atomic E-state index is 12.1. The van der Waals surface area contributed by atoms with Crippen molar-refractivity contribution in [3.63, 3.8) is 0 Å². The maximum Gasteiger partial charge on any atom is 0.273 e. The molecule has 0 atom stereocenters. The monoisotopic (exact) mass is 355 g/mol. The fourth-order valence-corrected chi connectivity index (χ4v) is 2.06. The smallest absolute Gasteiger partial charge is 0.273 e. The summed E-state index contributed by atoms with van der Waals surface area (Å²) in [5.74, 6) is -0.126. The fraction of sp³-hybridized carbons (Fsp3) is 0.231. The first-order chi connectivity index (χ1) is 8.60. The SMILES string of the molecule is CCn1nc(C)cc1C(=O)Nc1ccc(I)cc1. The highest BCUT2D eigenvalue weighted by atomic mass is 127. The van der Waals surface area contributed by atoms with Gasteiger partial charge in [-0.25, -0.2) is 0 Å². The van der Waals surface area contributed by atoms with Crippen LogP contribution in [0.1, 0.15) is 23.1 Å². The molecule has 0 aliphatic heterocycles. The highest BCUT2D eigenvalue weighted by Crippen LogP contribution is 2.13. The predicted molar refractivity (Wildman–Crippen MR) is 79.8 cm³/mol. The molecule has 0 radical (unpaired) electrons. The average molecular weight is 355 g/mol. The number of aromatic nitrogens is 2. The van der Waals surface area contributed by atoms with Crippen molar-refractivity contribution >= 4 is 34.2 Å². The lowest BCUT2D eigenvalue weighted by Crippen LogP contribution is -2.17. The molecule has 2 rings (SSSR count). The minimum Gasteiger partial charge on any atom is -0.321 e. The minimum absolute atomic E-state index is 0.126. The lowest BCUT2D eigenvalue weighted by Gasteiger charge is -2.06. The van der Waals surface area contributed by atoms with Gasteiger partial charge < -0.3 is 5.32 Å². The topological polar surface area (TPSA) is 46.9 Å². The fourth-order valence-electron chi connectivity index (χ4n) is 1.70. The quantitative estimate of drug-likeness (QED) is 0.861. The van der Waals surface area contributed by atoms with Crippen LogP contribution in [0.4, 0.5) is 5.69 Å². The van der Waals surface area contributed by atoms with Crippen molar-refractivity contribution in [3.05, 3.63) is 45.3 Å². The van der Waals surface area contributed by atoms with Crippen molar-refractivity contribution in [2.45, 2.75) is 20.4 Å². The molecule has 1 heterocycles. The first-order valence-electron chi connectivity index (χ1n) is 5.71. The molecule has 1 aromatic heterocycles. The summed E-state index contributed by atoms with van der Waals surface area (Å²) in [5.41, 5.74) is 2.24. The molecule has 5 heteroatoms. The van der Waals surface area contributed by atoms with Crippen molar-refractivity contribution < 1.29 is 4.79 Å². The van der Waals surface area contributed by atoms with Gasteiger partial charge in [-0.2, -0.15) is 5.10 Å². The van der Waals surface area contributed by atoms with Gasteiger partial charge in [0.25, 0.3) is 5.91 Å². The molecule has 0 unspecified atom stereocenters. The Morgan fingerprint density at radius 3 is 2.67 bits per heavy atom. The van der Waals surface area contributed by atoms with E-state index in [4.69, 9.17) is 0 Å². The Hall–Kier alpha value is -1.37. The van der Waals surface area contributed by atoms with Crippen LogP contribution in [0.3, 0.4) is 0 Å². The van der Waals surface area contributed by atoms with Crippen LogP contribution >= 0.6 is 22.6 Å². The molecule has 94 valence electrons. The first kappa shape index (κ1) is 13.1. The Balaban J connectivity index is 2.19. The second-order valence-corrected chi connectivity index (χ2v) is 5.19. The number of rotatable bonds is 3. The van der Waals surface area contributed by atoms with Gasteiger partial charge in [-0.3, -0.25) is 9.48 Å². The summed E-state index contributed by atoms with van der Waals surface area (Å²) in [4.78, 5) is 12.1. The molecule has 0 fully saturated rings. The van der Waals surface area contributed by atoms with Crippen LogP contribution in [0, 0.1) is 10.5 Å². The molecule has 1 N–H and O–H groups in total. The lowest BCUT2D eigenvalue weighted by molar-refractivity contribution is 0.101. The van der Waals surface area contributed by atoms with E-state index in [0.717, 1.165) is 15.0 Å². The number of anilines is 1. The van der Waals surface area contributed by atoms with E-state index in [9.17, 15) is 4.79 Å². The number of amides is 1. The van der Waals surface area contributed by atoms with Gasteiger partial charge in [-0.15, -0.1) is 0 Å². The number of nitrogens with zero attached hydrogens (tertiary/aromatic N) is 2. The first-order valence-corrected chi connectivity index (χ1v) is 6.79. The zero-order chi connectivity index (χ0) is 13.1. The van der Waals surface area contributed by atoms with Gasteiger partial charge in [-0.1, -0.05) is 0 Å². The third-order valence-corrected chi connectivity index (χ3v) is 3.26. The molecular weight excluding hydrogens is 341 g/mol. The zero-order valence-electron chi connectivity index (χ0n) is 10.3. The summed E-state index contributed by atoms with van der Waals surface area (Å²) in [6, 6.07) is 9.49. The molecule has 1 aromatic carbocycles. The van der Waals surface area contributed by atoms with Gasteiger partial charge in [0.2, 0.25) is 0 Å². The van der Waals surface area contributed by atoms with Crippen molar-refractivity contribution in [1.29, 1.82) is 0 Å². The number of carbonyl (C=O) groups is 1. The van der Waals surface area contributed by atoms with Crippen molar-refractivity contribution in [2.75, 3.05) is 5.32 Å². The van der Waals surface area contributed by atoms with Gasteiger partial charge in [0, 0.05) is 15.8 Å². The van der Waals surface area contributed by atoms with Gasteiger partial charge in [-0.05, 0) is 66.8 Å². The van der Waals surface area contributed by atoms with Crippen LogP contribution in [0.15, 0.2) is 30.3 Å². The number of aryl methyl sites for hydroxylation is 2. The van der Waals surface area contributed by atoms with E-state index < -0.39 is 0 Å². The second kappa shape index (κ2) is 5.51. The average Bonchev–Trinajstić information content (AvgIpc) is 2.73. The van der Waals surface area contributed by atoms with Crippen LogP contribution in [-0.2, 0) is 6.54 Å². The number of halogens is 1. The maximum absolute atomic E-state index is 12.1. The molecule has 0 saturated heterocycles. The van der Waals surface area contributed by atoms with Crippen LogP contribution in [0.25, 0.3) is 0 Å². The van der Waals surface area contributed by atoms with E-state index in [1.165, 1.54) is 0 Å². The van der Waals surface area contributed by atoms with Gasteiger partial charge in [0.1, 0.15) is 5.69 Å². The standard InChI is InChI=1S/C13H14IN3O/c1-3-17-12(8-9(2)16-17)13(18)15-11-6-4-10(14)5-7-11/h4-8H,3H2,1-2H3,(H,15,18). The molecule has 0 bridgehead atoms. The van der Waals surface area contributed by atoms with Gasteiger partial charge >= 0.3 is 0 Å². The normalized spacial score (nSPS) is 10.4. The molecule has 0 spiro atoms. The number of carbonyl (C=O) groups excluding carboxylic acids is 1. The Bertz CT molecular complexity index is 560. The highest BCUT2D eigenvalue weighted by Gasteiger charge is 2.12. The molecule has 18 heavy (non-hydrogen) atoms. The van der Waals surface area contributed by atoms with E-state index in [1.807, 2.05) is 38.1 Å². The molecular formula is C13H14IN3O. The van der Waals surface area contributed by atoms with E-state index >= 15 is 0 Å². The van der Waals surface area contributed by atoms with Crippen LogP contribution < -0.4 is 5.32 Å². The van der Waals surface area contributed by atoms with Gasteiger partial charge in [0.05, 0.1) is 5.69 Å². The zero-order valence-corrected chi connectivity index (χ0v) is 12.4. The number of hydrogen-bond acceptors (Lipinski definition) is 2. The Morgan fingerprint density at radius 2 is 2.06 bits per heavy atom. The summed E-state index contributed by atoms with van der Waals surface area (Å²) in [6.07, 6.45) is 0. The summed E-state index contributed by atoms with van der Waals surface area (Å²) in [5, 5.41) is 7.13. The van der Waals surface area contributed by atoms with Crippen molar-refractivity contribution in [1.82, 2.24) is 9.78 Å². The van der Waals surface area contributed by atoms with Gasteiger partial charge in [0.15, 0.2) is 0 Å². The molecule has 0 aliphatic rings. The summed E-state index contributed by atoms with van der Waals surface area (Å²) < 4.78 is 2.84. The van der Waals surface area contributed by atoms with Crippen molar-refractivity contribution in [2.24, 2.45) is 0 Å². The summed E-state index contributed by atoms with van der Waals surface area (Å²) in [7, 11) is 0. The van der Waals surface area contributed by atoms with E-state index in [2.05, 4.69) is 33.0 Å². The molecule has 4 nitrogen and oxygen atoms in total. The van der Waals surface area contributed by atoms with Crippen molar-refractivity contribution in [3.8, 4) is 0 Å². The number of hydrogen-bond donors (Lipinski definition) is 1. The Labute approximate surface area is 120 Å². The molecule has 0 aliphatic carbocycles. The molecule has 0 saturated carbocycles. The third-order valence-electron chi connectivity index (χ3n) is 2.54. The Kier molecular flexibility index (Phi) is 4.00. The third kappa shape index (κ3) is 2.90. The predicted octanol–water partition coefficient (Wildman–Crippen LogP) is 3.07. The van der Waals surface area contributed by atoms with E-state index in [0.29, 0.717) is 12.2 Å². The van der Waals surface area contributed by atoms with Crippen LogP contribution in [0.2, 0.25) is 0 Å². The van der Waals surface area contributed by atoms with E-state index in [1.54, 1.807) is 10.7 Å². The molecule has 1 amide bonds. The molecule has 2 aromatic rings. The lowest BCUT2D eigenvalue weighted by atomic mass is 10.3. The van der Waals surface area contributed by atoms with Crippen LogP contribution in [0.5, 0.6) is 0 Å². The Morgan fingerprint density at radius 1 is 1.39 bits per heavy atom. The van der Waals surface area contributed by atoms with Crippen LogP contribution in [-0.4, -0.2) is 15.7 Å². The summed E-state index contributed by atoms with van der Waals surface area (Å²) in [6.45, 7) is 4.53. The summed E-state index contributed by atoms with van der Waals surface area (Å²) >= 11 is 2.23.